The van der Waals surface area contributed by atoms with Gasteiger partial charge >= 0.3 is 0 Å². The number of nitrogens with two attached hydrogens (primary N) is 1. The van der Waals surface area contributed by atoms with Crippen molar-refractivity contribution in [3.05, 3.63) is 54.6 Å². The van der Waals surface area contributed by atoms with E-state index in [-0.39, 0.29) is 6.10 Å². The Labute approximate surface area is 160 Å². The SMILES string of the molecule is NC(=NCCCOCC1CCCO1)Nc1cccc(Oc2ccccc2)c1. The second-order valence-corrected chi connectivity index (χ2v) is 6.40. The highest BCUT2D eigenvalue weighted by Gasteiger charge is 2.14. The van der Waals surface area contributed by atoms with E-state index >= 15 is 0 Å². The van der Waals surface area contributed by atoms with Gasteiger partial charge in [-0.1, -0.05) is 24.3 Å². The maximum Gasteiger partial charge on any atom is 0.193 e. The number of hydrogen-bond donors (Lipinski definition) is 2. The fourth-order valence-corrected chi connectivity index (χ4v) is 2.81. The Morgan fingerprint density at radius 1 is 1.15 bits per heavy atom. The zero-order chi connectivity index (χ0) is 18.7. The molecule has 144 valence electrons. The second-order valence-electron chi connectivity index (χ2n) is 6.40. The first kappa shape index (κ1) is 19.2. The molecule has 1 unspecified atom stereocenters. The molecule has 1 heterocycles. The van der Waals surface area contributed by atoms with Gasteiger partial charge in [0, 0.05) is 31.5 Å². The molecular formula is C21H27N3O3. The Balaban J connectivity index is 1.38. The van der Waals surface area contributed by atoms with Gasteiger partial charge in [0.15, 0.2) is 5.96 Å². The van der Waals surface area contributed by atoms with Crippen LogP contribution in [-0.2, 0) is 9.47 Å². The third-order valence-corrected chi connectivity index (χ3v) is 4.14. The first-order valence-electron chi connectivity index (χ1n) is 9.39. The lowest BCUT2D eigenvalue weighted by molar-refractivity contribution is 0.0171. The van der Waals surface area contributed by atoms with Crippen LogP contribution in [-0.4, -0.2) is 38.4 Å². The number of rotatable bonds is 9. The van der Waals surface area contributed by atoms with E-state index in [4.69, 9.17) is 19.9 Å². The van der Waals surface area contributed by atoms with Gasteiger partial charge in [0.2, 0.25) is 0 Å². The minimum Gasteiger partial charge on any atom is -0.457 e. The lowest BCUT2D eigenvalue weighted by atomic mass is 10.2. The maximum atomic E-state index is 5.96. The molecule has 0 aliphatic carbocycles. The molecular weight excluding hydrogens is 342 g/mol. The molecule has 2 aromatic rings. The van der Waals surface area contributed by atoms with Crippen LogP contribution in [0.1, 0.15) is 19.3 Å². The predicted octanol–water partition coefficient (Wildman–Crippen LogP) is 3.79. The third-order valence-electron chi connectivity index (χ3n) is 4.14. The zero-order valence-corrected chi connectivity index (χ0v) is 15.5. The first-order chi connectivity index (χ1) is 13.3. The van der Waals surface area contributed by atoms with Crippen molar-refractivity contribution in [2.24, 2.45) is 10.7 Å². The van der Waals surface area contributed by atoms with Gasteiger partial charge < -0.3 is 25.3 Å². The van der Waals surface area contributed by atoms with Crippen molar-refractivity contribution >= 4 is 11.6 Å². The Hall–Kier alpha value is -2.57. The lowest BCUT2D eigenvalue weighted by Gasteiger charge is -2.10. The second kappa shape index (κ2) is 10.5. The first-order valence-corrected chi connectivity index (χ1v) is 9.39. The summed E-state index contributed by atoms with van der Waals surface area (Å²) in [6.07, 6.45) is 3.33. The van der Waals surface area contributed by atoms with Gasteiger partial charge in [-0.3, -0.25) is 4.99 Å². The highest BCUT2D eigenvalue weighted by atomic mass is 16.5. The molecule has 0 saturated carbocycles. The van der Waals surface area contributed by atoms with Crippen LogP contribution in [0.5, 0.6) is 11.5 Å². The predicted molar refractivity (Wildman–Crippen MR) is 107 cm³/mol. The minimum atomic E-state index is 0.269. The molecule has 27 heavy (non-hydrogen) atoms. The van der Waals surface area contributed by atoms with Crippen LogP contribution < -0.4 is 15.8 Å². The molecule has 0 amide bonds. The van der Waals surface area contributed by atoms with Crippen molar-refractivity contribution in [2.75, 3.05) is 31.7 Å². The van der Waals surface area contributed by atoms with Gasteiger partial charge in [-0.05, 0) is 43.5 Å². The van der Waals surface area contributed by atoms with Gasteiger partial charge in [-0.15, -0.1) is 0 Å². The smallest absolute Gasteiger partial charge is 0.193 e. The van der Waals surface area contributed by atoms with Crippen LogP contribution in [0.4, 0.5) is 5.69 Å². The Kier molecular flexibility index (Phi) is 7.50. The number of anilines is 1. The molecule has 1 atom stereocenters. The summed E-state index contributed by atoms with van der Waals surface area (Å²) in [5.41, 5.74) is 6.79. The highest BCUT2D eigenvalue weighted by Crippen LogP contribution is 2.23. The quantitative estimate of drug-likeness (QED) is 0.399. The summed E-state index contributed by atoms with van der Waals surface area (Å²) in [6.45, 7) is 2.81. The summed E-state index contributed by atoms with van der Waals surface area (Å²) in [4.78, 5) is 4.33. The molecule has 1 saturated heterocycles. The molecule has 0 radical (unpaired) electrons. The van der Waals surface area contributed by atoms with Crippen LogP contribution in [0.2, 0.25) is 0 Å². The standard InChI is InChI=1S/C21H27N3O3/c22-21(23-12-6-13-25-16-20-11-5-14-26-20)24-17-7-4-10-19(15-17)27-18-8-2-1-3-9-18/h1-4,7-10,15,20H,5-6,11-14,16H2,(H3,22,23,24). The van der Waals surface area contributed by atoms with Gasteiger partial charge in [-0.25, -0.2) is 0 Å². The number of ether oxygens (including phenoxy) is 3. The number of benzene rings is 2. The molecule has 0 bridgehead atoms. The fraction of sp³-hybridized carbons (Fsp3) is 0.381. The molecule has 1 aliphatic rings. The van der Waals surface area contributed by atoms with Gasteiger partial charge in [0.25, 0.3) is 0 Å². The normalized spacial score (nSPS) is 17.0. The minimum absolute atomic E-state index is 0.269. The van der Waals surface area contributed by atoms with Crippen molar-refractivity contribution in [3.8, 4) is 11.5 Å². The molecule has 3 N–H and O–H groups in total. The Bertz CT molecular complexity index is 716. The number of guanidine groups is 1. The molecule has 6 heteroatoms. The van der Waals surface area contributed by atoms with E-state index in [1.165, 1.54) is 0 Å². The van der Waals surface area contributed by atoms with Crippen molar-refractivity contribution in [2.45, 2.75) is 25.4 Å². The summed E-state index contributed by atoms with van der Waals surface area (Å²) in [6, 6.07) is 17.3. The average molecular weight is 369 g/mol. The zero-order valence-electron chi connectivity index (χ0n) is 15.5. The summed E-state index contributed by atoms with van der Waals surface area (Å²) in [5.74, 6) is 1.91. The number of hydrogen-bond acceptors (Lipinski definition) is 4. The van der Waals surface area contributed by atoms with Crippen molar-refractivity contribution in [1.29, 1.82) is 0 Å². The van der Waals surface area contributed by atoms with E-state index in [0.717, 1.165) is 43.1 Å². The maximum absolute atomic E-state index is 5.96. The molecule has 1 fully saturated rings. The van der Waals surface area contributed by atoms with Gasteiger partial charge in [-0.2, -0.15) is 0 Å². The number of para-hydroxylation sites is 1. The van der Waals surface area contributed by atoms with Crippen molar-refractivity contribution in [1.82, 2.24) is 0 Å². The monoisotopic (exact) mass is 369 g/mol. The molecule has 2 aromatic carbocycles. The Morgan fingerprint density at radius 3 is 2.81 bits per heavy atom. The number of nitrogens with zero attached hydrogens (tertiary/aromatic N) is 1. The van der Waals surface area contributed by atoms with Crippen LogP contribution in [0.15, 0.2) is 59.6 Å². The Morgan fingerprint density at radius 2 is 2.00 bits per heavy atom. The molecule has 6 nitrogen and oxygen atoms in total. The largest absolute Gasteiger partial charge is 0.457 e. The summed E-state index contributed by atoms with van der Waals surface area (Å²) in [7, 11) is 0. The van der Waals surface area contributed by atoms with Crippen LogP contribution >= 0.6 is 0 Å². The van der Waals surface area contributed by atoms with Crippen molar-refractivity contribution in [3.63, 3.8) is 0 Å². The van der Waals surface area contributed by atoms with Crippen LogP contribution in [0.25, 0.3) is 0 Å². The summed E-state index contributed by atoms with van der Waals surface area (Å²) >= 11 is 0. The summed E-state index contributed by atoms with van der Waals surface area (Å²) in [5, 5.41) is 3.09. The summed E-state index contributed by atoms with van der Waals surface area (Å²) < 4.78 is 17.0. The van der Waals surface area contributed by atoms with Crippen molar-refractivity contribution < 1.29 is 14.2 Å². The van der Waals surface area contributed by atoms with Crippen LogP contribution in [0, 0.1) is 0 Å². The van der Waals surface area contributed by atoms with E-state index in [0.29, 0.717) is 25.7 Å². The van der Waals surface area contributed by atoms with E-state index in [9.17, 15) is 0 Å². The van der Waals surface area contributed by atoms with Crippen LogP contribution in [0.3, 0.4) is 0 Å². The van der Waals surface area contributed by atoms with Gasteiger partial charge in [0.05, 0.1) is 12.7 Å². The fourth-order valence-electron chi connectivity index (χ4n) is 2.81. The van der Waals surface area contributed by atoms with E-state index in [2.05, 4.69) is 10.3 Å². The molecule has 0 aromatic heterocycles. The van der Waals surface area contributed by atoms with E-state index in [1.54, 1.807) is 0 Å². The lowest BCUT2D eigenvalue weighted by Crippen LogP contribution is -2.23. The molecule has 0 spiro atoms. The highest BCUT2D eigenvalue weighted by molar-refractivity contribution is 5.92. The average Bonchev–Trinajstić information content (AvgIpc) is 3.19. The third kappa shape index (κ3) is 6.92. The molecule has 3 rings (SSSR count). The molecule has 1 aliphatic heterocycles. The van der Waals surface area contributed by atoms with E-state index < -0.39 is 0 Å². The topological polar surface area (TPSA) is 78.1 Å². The number of aliphatic imine (C=N–C) groups is 1. The van der Waals surface area contributed by atoms with E-state index in [1.807, 2.05) is 54.6 Å². The number of nitrogens with one attached hydrogen (secondary N) is 1. The van der Waals surface area contributed by atoms with Gasteiger partial charge in [0.1, 0.15) is 11.5 Å².